The second kappa shape index (κ2) is 12.8. The molecule has 0 unspecified atom stereocenters. The third-order valence-corrected chi connectivity index (χ3v) is 10.2. The minimum absolute atomic E-state index is 0.263. The summed E-state index contributed by atoms with van der Waals surface area (Å²) in [6, 6.07) is 24.9. The molecule has 0 fully saturated rings. The third-order valence-electron chi connectivity index (χ3n) is 6.86. The highest BCUT2D eigenvalue weighted by Crippen LogP contribution is 2.37. The summed E-state index contributed by atoms with van der Waals surface area (Å²) < 4.78 is 7.50. The number of nitrogens with zero attached hydrogens (tertiary/aromatic N) is 1. The topological polar surface area (TPSA) is 96.9 Å². The van der Waals surface area contributed by atoms with Crippen LogP contribution in [0.2, 0.25) is 10.0 Å². The average molecular weight is 673 g/mol. The van der Waals surface area contributed by atoms with Crippen LogP contribution in [0.1, 0.15) is 46.4 Å². The lowest BCUT2D eigenvalue weighted by atomic mass is 10.2. The number of hydrogen-bond donors (Lipinski definition) is 2. The minimum Gasteiger partial charge on any atom is -0.422 e. The van der Waals surface area contributed by atoms with Crippen molar-refractivity contribution in [3.8, 4) is 5.75 Å². The average Bonchev–Trinajstić information content (AvgIpc) is 3.53. The second-order valence-electron chi connectivity index (χ2n) is 10.1. The zero-order chi connectivity index (χ0) is 31.7. The van der Waals surface area contributed by atoms with E-state index < -0.39 is 11.9 Å². The van der Waals surface area contributed by atoms with Crippen LogP contribution in [0.4, 0.5) is 5.69 Å². The Labute approximate surface area is 276 Å². The van der Waals surface area contributed by atoms with Gasteiger partial charge in [-0.25, -0.2) is 10.2 Å². The van der Waals surface area contributed by atoms with E-state index in [1.54, 1.807) is 48.5 Å². The molecule has 6 rings (SSSR count). The molecule has 0 aliphatic heterocycles. The molecular formula is C34H23Cl2N3O4S2. The number of nitrogens with one attached hydrogen (secondary N) is 2. The van der Waals surface area contributed by atoms with E-state index in [-0.39, 0.29) is 11.7 Å². The molecule has 0 radical (unpaired) electrons. The van der Waals surface area contributed by atoms with Crippen molar-refractivity contribution in [1.29, 1.82) is 0 Å². The number of hydrazone groups is 1. The number of rotatable bonds is 7. The Hall–Kier alpha value is -4.54. The zero-order valence-electron chi connectivity index (χ0n) is 23.8. The fourth-order valence-electron chi connectivity index (χ4n) is 4.57. The fourth-order valence-corrected chi connectivity index (χ4v) is 7.56. The van der Waals surface area contributed by atoms with Gasteiger partial charge in [0.05, 0.1) is 16.3 Å². The van der Waals surface area contributed by atoms with Gasteiger partial charge >= 0.3 is 5.97 Å². The van der Waals surface area contributed by atoms with Crippen LogP contribution in [0.5, 0.6) is 5.75 Å². The molecule has 0 saturated carbocycles. The number of fused-ring (bicyclic) bond motifs is 2. The van der Waals surface area contributed by atoms with Gasteiger partial charge in [0.1, 0.15) is 15.5 Å². The van der Waals surface area contributed by atoms with E-state index in [1.807, 2.05) is 50.2 Å². The highest BCUT2D eigenvalue weighted by Gasteiger charge is 2.21. The molecule has 0 aliphatic carbocycles. The second-order valence-corrected chi connectivity index (χ2v) is 13.0. The van der Waals surface area contributed by atoms with Crippen molar-refractivity contribution in [2.45, 2.75) is 13.8 Å². The molecule has 2 amide bonds. The first-order valence-corrected chi connectivity index (χ1v) is 16.0. The van der Waals surface area contributed by atoms with E-state index in [2.05, 4.69) is 15.8 Å². The molecule has 6 aromatic rings. The maximum Gasteiger partial charge on any atom is 0.355 e. The molecule has 0 bridgehead atoms. The molecule has 0 aliphatic rings. The van der Waals surface area contributed by atoms with Crippen molar-refractivity contribution in [1.82, 2.24) is 5.43 Å². The Balaban J connectivity index is 1.09. The zero-order valence-corrected chi connectivity index (χ0v) is 27.0. The first-order valence-electron chi connectivity index (χ1n) is 13.6. The van der Waals surface area contributed by atoms with Gasteiger partial charge in [-0.15, -0.1) is 22.7 Å². The molecule has 4 aromatic carbocycles. The van der Waals surface area contributed by atoms with Gasteiger partial charge < -0.3 is 10.1 Å². The lowest BCUT2D eigenvalue weighted by Crippen LogP contribution is -2.18. The van der Waals surface area contributed by atoms with E-state index in [0.717, 1.165) is 31.3 Å². The van der Waals surface area contributed by atoms with Gasteiger partial charge in [-0.1, -0.05) is 59.6 Å². The van der Waals surface area contributed by atoms with Crippen molar-refractivity contribution in [2.24, 2.45) is 5.10 Å². The number of esters is 1. The number of aryl methyl sites for hydroxylation is 2. The monoisotopic (exact) mass is 671 g/mol. The van der Waals surface area contributed by atoms with Crippen LogP contribution in [0.15, 0.2) is 90.0 Å². The number of carbonyl (C=O) groups is 3. The summed E-state index contributed by atoms with van der Waals surface area (Å²) in [5.74, 6) is -1.11. The molecule has 0 saturated heterocycles. The van der Waals surface area contributed by atoms with Crippen LogP contribution in [0, 0.1) is 13.8 Å². The van der Waals surface area contributed by atoms with Crippen molar-refractivity contribution in [3.05, 3.63) is 127 Å². The van der Waals surface area contributed by atoms with Gasteiger partial charge in [0.2, 0.25) is 0 Å². The quantitative estimate of drug-likeness (QED) is 0.0765. The summed E-state index contributed by atoms with van der Waals surface area (Å²) in [6.07, 6.45) is 1.39. The maximum atomic E-state index is 13.0. The molecule has 11 heteroatoms. The number of para-hydroxylation sites is 1. The summed E-state index contributed by atoms with van der Waals surface area (Å²) in [4.78, 5) is 39.4. The van der Waals surface area contributed by atoms with Crippen LogP contribution >= 0.6 is 45.9 Å². The number of halogens is 2. The normalized spacial score (nSPS) is 11.3. The van der Waals surface area contributed by atoms with Crippen molar-refractivity contribution < 1.29 is 19.1 Å². The molecule has 0 atom stereocenters. The summed E-state index contributed by atoms with van der Waals surface area (Å²) in [5, 5.41) is 9.27. The molecule has 7 nitrogen and oxygen atoms in total. The fraction of sp³-hybridized carbons (Fsp3) is 0.0588. The maximum absolute atomic E-state index is 13.0. The molecule has 2 aromatic heterocycles. The van der Waals surface area contributed by atoms with Gasteiger partial charge in [0, 0.05) is 37.0 Å². The number of ether oxygens (including phenoxy) is 1. The van der Waals surface area contributed by atoms with E-state index >= 15 is 0 Å². The van der Waals surface area contributed by atoms with Crippen molar-refractivity contribution in [2.75, 3.05) is 5.32 Å². The van der Waals surface area contributed by atoms with E-state index in [4.69, 9.17) is 27.9 Å². The standard InChI is InChI=1S/C34H23Cl2N3O4S2/c1-18-7-13-23-26(15-18)44-30(28(23)35)33(41)38-22-11-9-20(10-12-22)32(40)39-37-17-21-5-3-4-6-25(21)43-34(42)31-29(36)24-14-8-19(2)16-27(24)45-31/h3-17H,1-2H3,(H,38,41)(H,39,40)/b37-17-. The van der Waals surface area contributed by atoms with Gasteiger partial charge in [0.25, 0.3) is 11.8 Å². The van der Waals surface area contributed by atoms with Crippen molar-refractivity contribution in [3.63, 3.8) is 0 Å². The molecule has 224 valence electrons. The summed E-state index contributed by atoms with van der Waals surface area (Å²) in [7, 11) is 0. The highest BCUT2D eigenvalue weighted by atomic mass is 35.5. The van der Waals surface area contributed by atoms with Gasteiger partial charge in [-0.05, 0) is 73.5 Å². The molecule has 2 heterocycles. The molecular weight excluding hydrogens is 649 g/mol. The van der Waals surface area contributed by atoms with Crippen LogP contribution < -0.4 is 15.5 Å². The van der Waals surface area contributed by atoms with Crippen molar-refractivity contribution >= 4 is 95.7 Å². The predicted molar refractivity (Wildman–Crippen MR) is 184 cm³/mol. The summed E-state index contributed by atoms with van der Waals surface area (Å²) in [5.41, 5.74) is 5.94. The predicted octanol–water partition coefficient (Wildman–Crippen LogP) is 9.28. The van der Waals surface area contributed by atoms with E-state index in [9.17, 15) is 14.4 Å². The molecule has 45 heavy (non-hydrogen) atoms. The third kappa shape index (κ3) is 6.48. The van der Waals surface area contributed by atoms with Crippen LogP contribution in [0.25, 0.3) is 20.2 Å². The molecule has 0 spiro atoms. The van der Waals surface area contributed by atoms with E-state index in [0.29, 0.717) is 36.6 Å². The van der Waals surface area contributed by atoms with Gasteiger partial charge in [-0.3, -0.25) is 9.59 Å². The lowest BCUT2D eigenvalue weighted by molar-refractivity contribution is 0.0739. The van der Waals surface area contributed by atoms with Crippen LogP contribution in [0.3, 0.4) is 0 Å². The lowest BCUT2D eigenvalue weighted by Gasteiger charge is -2.07. The summed E-state index contributed by atoms with van der Waals surface area (Å²) in [6.45, 7) is 3.96. The van der Waals surface area contributed by atoms with Gasteiger partial charge in [0.15, 0.2) is 0 Å². The number of carbonyl (C=O) groups excluding carboxylic acids is 3. The Kier molecular flexibility index (Phi) is 8.69. The first-order chi connectivity index (χ1) is 21.7. The number of hydrogen-bond acceptors (Lipinski definition) is 7. The first kappa shape index (κ1) is 30.5. The van der Waals surface area contributed by atoms with Crippen LogP contribution in [-0.4, -0.2) is 24.0 Å². The Morgan fingerprint density at radius 2 is 1.36 bits per heavy atom. The Morgan fingerprint density at radius 3 is 2.02 bits per heavy atom. The smallest absolute Gasteiger partial charge is 0.355 e. The number of benzene rings is 4. The highest BCUT2D eigenvalue weighted by molar-refractivity contribution is 7.22. The number of amides is 2. The minimum atomic E-state index is -0.583. The van der Waals surface area contributed by atoms with Gasteiger partial charge in [-0.2, -0.15) is 5.10 Å². The van der Waals surface area contributed by atoms with Crippen LogP contribution in [-0.2, 0) is 0 Å². The SMILES string of the molecule is Cc1ccc2c(Cl)c(C(=O)Nc3ccc(C(=O)N/N=C\c4ccccc4OC(=O)c4sc5cc(C)ccc5c4Cl)cc3)sc2c1. The van der Waals surface area contributed by atoms with E-state index in [1.165, 1.54) is 28.9 Å². The largest absolute Gasteiger partial charge is 0.422 e. The Morgan fingerprint density at radius 1 is 0.756 bits per heavy atom. The number of anilines is 1. The molecule has 2 N–H and O–H groups in total. The summed E-state index contributed by atoms with van der Waals surface area (Å²) >= 11 is 15.6. The Bertz CT molecular complexity index is 2150. The number of thiophene rings is 2.